The minimum absolute atomic E-state index is 0.164. The van der Waals surface area contributed by atoms with Crippen molar-refractivity contribution in [2.45, 2.75) is 56.7 Å². The lowest BCUT2D eigenvalue weighted by molar-refractivity contribution is -0.136. The van der Waals surface area contributed by atoms with E-state index in [0.717, 1.165) is 31.9 Å². The standard InChI is InChI=1S/C17H30N2O5S/c1-25(21,22)18-11-15-6-7-17(24-15)12-19(8-9-23-13-17)16(20)10-14-4-2-3-5-14/h14-15,18H,2-13H2,1H3/t15-,17+/m1/s1. The molecule has 1 saturated carbocycles. The Morgan fingerprint density at radius 3 is 2.76 bits per heavy atom. The molecule has 0 aromatic rings. The monoisotopic (exact) mass is 374 g/mol. The fourth-order valence-corrected chi connectivity index (χ4v) is 4.70. The van der Waals surface area contributed by atoms with Gasteiger partial charge in [0, 0.05) is 19.5 Å². The molecule has 1 spiro atoms. The number of sulfonamides is 1. The van der Waals surface area contributed by atoms with Gasteiger partial charge in [-0.25, -0.2) is 13.1 Å². The zero-order valence-corrected chi connectivity index (χ0v) is 15.9. The first-order chi connectivity index (χ1) is 11.9. The summed E-state index contributed by atoms with van der Waals surface area (Å²) in [6.07, 6.45) is 7.99. The topological polar surface area (TPSA) is 84.9 Å². The Labute approximate surface area is 150 Å². The normalized spacial score (nSPS) is 31.6. The van der Waals surface area contributed by atoms with Crippen LogP contribution in [0.1, 0.15) is 44.9 Å². The van der Waals surface area contributed by atoms with Crippen molar-refractivity contribution in [2.75, 3.05) is 39.1 Å². The van der Waals surface area contributed by atoms with Crippen LogP contribution in [0.15, 0.2) is 0 Å². The molecule has 3 aliphatic rings. The van der Waals surface area contributed by atoms with Crippen LogP contribution < -0.4 is 4.72 Å². The Bertz CT molecular complexity index is 576. The van der Waals surface area contributed by atoms with Crippen LogP contribution in [0.25, 0.3) is 0 Å². The second-order valence-corrected chi connectivity index (χ2v) is 9.64. The number of rotatable bonds is 5. The lowest BCUT2D eigenvalue weighted by Gasteiger charge is -2.32. The van der Waals surface area contributed by atoms with E-state index in [1.165, 1.54) is 12.8 Å². The van der Waals surface area contributed by atoms with Gasteiger partial charge in [-0.3, -0.25) is 4.79 Å². The molecule has 0 aromatic heterocycles. The van der Waals surface area contributed by atoms with E-state index < -0.39 is 15.6 Å². The van der Waals surface area contributed by atoms with Gasteiger partial charge in [0.15, 0.2) is 0 Å². The number of amides is 1. The van der Waals surface area contributed by atoms with Crippen molar-refractivity contribution in [2.24, 2.45) is 5.92 Å². The molecule has 7 nitrogen and oxygen atoms in total. The smallest absolute Gasteiger partial charge is 0.223 e. The van der Waals surface area contributed by atoms with Crippen LogP contribution in [0.3, 0.4) is 0 Å². The number of carbonyl (C=O) groups is 1. The number of nitrogens with zero attached hydrogens (tertiary/aromatic N) is 1. The maximum Gasteiger partial charge on any atom is 0.223 e. The number of ether oxygens (including phenoxy) is 2. The van der Waals surface area contributed by atoms with E-state index in [9.17, 15) is 13.2 Å². The van der Waals surface area contributed by atoms with E-state index >= 15 is 0 Å². The molecular weight excluding hydrogens is 344 g/mol. The highest BCUT2D eigenvalue weighted by Crippen LogP contribution is 2.34. The first kappa shape index (κ1) is 19.1. The van der Waals surface area contributed by atoms with E-state index in [4.69, 9.17) is 9.47 Å². The zero-order valence-electron chi connectivity index (χ0n) is 15.0. The third-order valence-corrected chi connectivity index (χ3v) is 6.24. The minimum Gasteiger partial charge on any atom is -0.377 e. The average molecular weight is 375 g/mol. The highest BCUT2D eigenvalue weighted by atomic mass is 32.2. The summed E-state index contributed by atoms with van der Waals surface area (Å²) < 4.78 is 36.9. The van der Waals surface area contributed by atoms with E-state index in [2.05, 4.69) is 4.72 Å². The predicted octanol–water partition coefficient (Wildman–Crippen LogP) is 0.893. The lowest BCUT2D eigenvalue weighted by atomic mass is 9.98. The summed E-state index contributed by atoms with van der Waals surface area (Å²) in [5.74, 6) is 0.738. The molecule has 8 heteroatoms. The van der Waals surface area contributed by atoms with Crippen molar-refractivity contribution in [3.63, 3.8) is 0 Å². The maximum atomic E-state index is 12.7. The molecular formula is C17H30N2O5S. The Hall–Kier alpha value is -0.700. The average Bonchev–Trinajstić information content (AvgIpc) is 3.12. The van der Waals surface area contributed by atoms with Crippen LogP contribution in [0.2, 0.25) is 0 Å². The predicted molar refractivity (Wildman–Crippen MR) is 93.7 cm³/mol. The third-order valence-electron chi connectivity index (χ3n) is 5.55. The molecule has 0 radical (unpaired) electrons. The van der Waals surface area contributed by atoms with Crippen LogP contribution in [-0.2, 0) is 24.3 Å². The number of carbonyl (C=O) groups excluding carboxylic acids is 1. The fraction of sp³-hybridized carbons (Fsp3) is 0.941. The van der Waals surface area contributed by atoms with Crippen LogP contribution in [-0.4, -0.2) is 70.0 Å². The molecule has 1 aliphatic carbocycles. The van der Waals surface area contributed by atoms with E-state index in [0.29, 0.717) is 38.6 Å². The lowest BCUT2D eigenvalue weighted by Crippen LogP contribution is -2.47. The Kier molecular flexibility index (Phi) is 6.03. The molecule has 2 saturated heterocycles. The summed E-state index contributed by atoms with van der Waals surface area (Å²) >= 11 is 0. The minimum atomic E-state index is -3.22. The highest BCUT2D eigenvalue weighted by Gasteiger charge is 2.44. The van der Waals surface area contributed by atoms with Crippen molar-refractivity contribution < 1.29 is 22.7 Å². The van der Waals surface area contributed by atoms with Gasteiger partial charge in [0.1, 0.15) is 5.60 Å². The second kappa shape index (κ2) is 7.90. The van der Waals surface area contributed by atoms with Gasteiger partial charge in [-0.2, -0.15) is 0 Å². The first-order valence-corrected chi connectivity index (χ1v) is 11.2. The number of nitrogens with one attached hydrogen (secondary N) is 1. The number of hydrogen-bond donors (Lipinski definition) is 1. The quantitative estimate of drug-likeness (QED) is 0.773. The summed E-state index contributed by atoms with van der Waals surface area (Å²) in [7, 11) is -3.22. The highest BCUT2D eigenvalue weighted by molar-refractivity contribution is 7.88. The molecule has 25 heavy (non-hydrogen) atoms. The van der Waals surface area contributed by atoms with Crippen molar-refractivity contribution in [1.29, 1.82) is 0 Å². The summed E-state index contributed by atoms with van der Waals surface area (Å²) in [4.78, 5) is 14.6. The van der Waals surface area contributed by atoms with Crippen molar-refractivity contribution in [3.05, 3.63) is 0 Å². The van der Waals surface area contributed by atoms with Gasteiger partial charge in [-0.05, 0) is 31.6 Å². The maximum absolute atomic E-state index is 12.7. The summed E-state index contributed by atoms with van der Waals surface area (Å²) in [5.41, 5.74) is -0.494. The molecule has 2 aliphatic heterocycles. The van der Waals surface area contributed by atoms with E-state index in [-0.39, 0.29) is 18.6 Å². The number of hydrogen-bond acceptors (Lipinski definition) is 5. The molecule has 3 fully saturated rings. The first-order valence-electron chi connectivity index (χ1n) is 9.33. The largest absolute Gasteiger partial charge is 0.377 e. The molecule has 0 bridgehead atoms. The van der Waals surface area contributed by atoms with Gasteiger partial charge < -0.3 is 14.4 Å². The van der Waals surface area contributed by atoms with Gasteiger partial charge in [0.2, 0.25) is 15.9 Å². The van der Waals surface area contributed by atoms with Gasteiger partial charge in [0.25, 0.3) is 0 Å². The van der Waals surface area contributed by atoms with Gasteiger partial charge in [0.05, 0.1) is 32.1 Å². The van der Waals surface area contributed by atoms with Crippen molar-refractivity contribution >= 4 is 15.9 Å². The van der Waals surface area contributed by atoms with Crippen molar-refractivity contribution in [3.8, 4) is 0 Å². The molecule has 0 unspecified atom stereocenters. The summed E-state index contributed by atoms with van der Waals surface area (Å²) in [5, 5.41) is 0. The van der Waals surface area contributed by atoms with Gasteiger partial charge >= 0.3 is 0 Å². The molecule has 1 N–H and O–H groups in total. The molecule has 2 heterocycles. The van der Waals surface area contributed by atoms with Gasteiger partial charge in [-0.15, -0.1) is 0 Å². The Morgan fingerprint density at radius 2 is 2.04 bits per heavy atom. The van der Waals surface area contributed by atoms with Crippen molar-refractivity contribution in [1.82, 2.24) is 9.62 Å². The molecule has 2 atom stereocenters. The molecule has 1 amide bonds. The summed E-state index contributed by atoms with van der Waals surface area (Å²) in [6, 6.07) is 0. The summed E-state index contributed by atoms with van der Waals surface area (Å²) in [6.45, 7) is 2.44. The molecule has 3 rings (SSSR count). The van der Waals surface area contributed by atoms with Crippen LogP contribution in [0, 0.1) is 5.92 Å². The Balaban J connectivity index is 1.56. The third kappa shape index (κ3) is 5.39. The molecule has 144 valence electrons. The van der Waals surface area contributed by atoms with E-state index in [1.54, 1.807) is 0 Å². The zero-order chi connectivity index (χ0) is 17.9. The second-order valence-electron chi connectivity index (χ2n) is 7.80. The van der Waals surface area contributed by atoms with Crippen LogP contribution in [0.4, 0.5) is 0 Å². The van der Waals surface area contributed by atoms with E-state index in [1.807, 2.05) is 4.90 Å². The van der Waals surface area contributed by atoms with Gasteiger partial charge in [-0.1, -0.05) is 12.8 Å². The molecule has 0 aromatic carbocycles. The fourth-order valence-electron chi connectivity index (χ4n) is 4.21. The van der Waals surface area contributed by atoms with Crippen LogP contribution >= 0.6 is 0 Å². The Morgan fingerprint density at radius 1 is 1.28 bits per heavy atom. The van der Waals surface area contributed by atoms with Crippen LogP contribution in [0.5, 0.6) is 0 Å². The SMILES string of the molecule is CS(=O)(=O)NC[C@H]1CC[C@]2(COCCN(C(=O)CC3CCCC3)C2)O1.